The van der Waals surface area contributed by atoms with E-state index in [4.69, 9.17) is 17.3 Å². The van der Waals surface area contributed by atoms with Crippen molar-refractivity contribution < 1.29 is 14.0 Å². The fraction of sp³-hybridized carbons (Fsp3) is 0.176. The van der Waals surface area contributed by atoms with Gasteiger partial charge in [0, 0.05) is 29.2 Å². The van der Waals surface area contributed by atoms with Crippen LogP contribution in [0, 0.1) is 5.82 Å². The van der Waals surface area contributed by atoms with Gasteiger partial charge in [0.15, 0.2) is 0 Å². The van der Waals surface area contributed by atoms with E-state index in [1.165, 1.54) is 23.1 Å². The fourth-order valence-electron chi connectivity index (χ4n) is 2.18. The van der Waals surface area contributed by atoms with E-state index in [0.717, 1.165) is 0 Å². The molecule has 0 aliphatic heterocycles. The molecule has 23 heavy (non-hydrogen) atoms. The number of rotatable bonds is 6. The number of halogens is 2. The van der Waals surface area contributed by atoms with Crippen LogP contribution in [-0.4, -0.2) is 18.4 Å². The summed E-state index contributed by atoms with van der Waals surface area (Å²) in [7, 11) is 0. The standard InChI is InChI=1S/C17H16ClFN2O2/c18-14-7-4-8-15(19)13(14)11-17(23)21(10-9-16(20)22)12-5-2-1-3-6-12/h1-8H,9-11H2,(H2,20,22). The lowest BCUT2D eigenvalue weighted by Crippen LogP contribution is -2.35. The first-order valence-electron chi connectivity index (χ1n) is 7.05. The predicted octanol–water partition coefficient (Wildman–Crippen LogP) is 2.93. The van der Waals surface area contributed by atoms with Crippen molar-refractivity contribution in [2.45, 2.75) is 12.8 Å². The van der Waals surface area contributed by atoms with E-state index in [1.807, 2.05) is 6.07 Å². The van der Waals surface area contributed by atoms with Crippen molar-refractivity contribution in [3.63, 3.8) is 0 Å². The maximum absolute atomic E-state index is 13.9. The molecule has 0 radical (unpaired) electrons. The Kier molecular flexibility index (Phi) is 5.71. The minimum absolute atomic E-state index is 0.0195. The van der Waals surface area contributed by atoms with Crippen molar-refractivity contribution in [3.8, 4) is 0 Å². The molecule has 120 valence electrons. The van der Waals surface area contributed by atoms with Gasteiger partial charge in [-0.1, -0.05) is 35.9 Å². The third kappa shape index (κ3) is 4.53. The number of carbonyl (C=O) groups excluding carboxylic acids is 2. The van der Waals surface area contributed by atoms with Gasteiger partial charge in [0.2, 0.25) is 11.8 Å². The summed E-state index contributed by atoms with van der Waals surface area (Å²) in [5, 5.41) is 0.196. The molecule has 2 aromatic rings. The Morgan fingerprint density at radius 3 is 2.39 bits per heavy atom. The molecule has 6 heteroatoms. The number of hydrogen-bond donors (Lipinski definition) is 1. The van der Waals surface area contributed by atoms with Crippen LogP contribution in [-0.2, 0) is 16.0 Å². The Bertz CT molecular complexity index is 687. The Balaban J connectivity index is 2.24. The molecule has 0 aliphatic carbocycles. The molecule has 2 rings (SSSR count). The Labute approximate surface area is 138 Å². The molecule has 0 unspecified atom stereocenters. The highest BCUT2D eigenvalue weighted by Gasteiger charge is 2.19. The van der Waals surface area contributed by atoms with Gasteiger partial charge >= 0.3 is 0 Å². The van der Waals surface area contributed by atoms with Gasteiger partial charge in [0.25, 0.3) is 0 Å². The van der Waals surface area contributed by atoms with Crippen LogP contribution in [0.2, 0.25) is 5.02 Å². The summed E-state index contributed by atoms with van der Waals surface area (Å²) in [6.07, 6.45) is -0.176. The fourth-order valence-corrected chi connectivity index (χ4v) is 2.41. The van der Waals surface area contributed by atoms with E-state index in [2.05, 4.69) is 0 Å². The first-order chi connectivity index (χ1) is 11.0. The molecule has 2 amide bonds. The molecular formula is C17H16ClFN2O2. The van der Waals surface area contributed by atoms with Gasteiger partial charge in [-0.05, 0) is 24.3 Å². The molecule has 4 nitrogen and oxygen atoms in total. The van der Waals surface area contributed by atoms with E-state index in [1.54, 1.807) is 24.3 Å². The van der Waals surface area contributed by atoms with E-state index in [0.29, 0.717) is 5.69 Å². The van der Waals surface area contributed by atoms with Crippen LogP contribution in [0.1, 0.15) is 12.0 Å². The molecule has 2 N–H and O–H groups in total. The largest absolute Gasteiger partial charge is 0.370 e. The maximum Gasteiger partial charge on any atom is 0.231 e. The highest BCUT2D eigenvalue weighted by molar-refractivity contribution is 6.31. The molecule has 0 aliphatic rings. The van der Waals surface area contributed by atoms with Gasteiger partial charge in [0.1, 0.15) is 5.82 Å². The summed E-state index contributed by atoms with van der Waals surface area (Å²) < 4.78 is 13.9. The molecule has 0 bridgehead atoms. The average molecular weight is 335 g/mol. The summed E-state index contributed by atoms with van der Waals surface area (Å²) in [5.41, 5.74) is 5.92. The lowest BCUT2D eigenvalue weighted by molar-refractivity contribution is -0.118. The predicted molar refractivity (Wildman–Crippen MR) is 87.7 cm³/mol. The lowest BCUT2D eigenvalue weighted by atomic mass is 10.1. The van der Waals surface area contributed by atoms with Gasteiger partial charge in [0.05, 0.1) is 6.42 Å². The topological polar surface area (TPSA) is 63.4 Å². The summed E-state index contributed by atoms with van der Waals surface area (Å²) in [5.74, 6) is -1.40. The van der Waals surface area contributed by atoms with Crippen LogP contribution in [0.25, 0.3) is 0 Å². The van der Waals surface area contributed by atoms with Crippen LogP contribution in [0.5, 0.6) is 0 Å². The second kappa shape index (κ2) is 7.74. The summed E-state index contributed by atoms with van der Waals surface area (Å²) in [6.45, 7) is 0.129. The zero-order valence-electron chi connectivity index (χ0n) is 12.3. The number of anilines is 1. The molecular weight excluding hydrogens is 319 g/mol. The van der Waals surface area contributed by atoms with Crippen LogP contribution in [0.3, 0.4) is 0 Å². The quantitative estimate of drug-likeness (QED) is 0.882. The number of para-hydroxylation sites is 1. The first-order valence-corrected chi connectivity index (χ1v) is 7.43. The molecule has 0 heterocycles. The monoisotopic (exact) mass is 334 g/mol. The van der Waals surface area contributed by atoms with Gasteiger partial charge in [-0.3, -0.25) is 9.59 Å². The minimum atomic E-state index is -0.534. The zero-order valence-corrected chi connectivity index (χ0v) is 13.1. The smallest absolute Gasteiger partial charge is 0.231 e. The van der Waals surface area contributed by atoms with Crippen LogP contribution < -0.4 is 10.6 Å². The highest BCUT2D eigenvalue weighted by atomic mass is 35.5. The minimum Gasteiger partial charge on any atom is -0.370 e. The summed E-state index contributed by atoms with van der Waals surface area (Å²) >= 11 is 5.97. The Hall–Kier alpha value is -2.40. The van der Waals surface area contributed by atoms with Crippen molar-refractivity contribution in [2.24, 2.45) is 5.73 Å². The first kappa shape index (κ1) is 17.0. The van der Waals surface area contributed by atoms with Crippen LogP contribution >= 0.6 is 11.6 Å². The maximum atomic E-state index is 13.9. The zero-order chi connectivity index (χ0) is 16.8. The van der Waals surface area contributed by atoms with Crippen molar-refractivity contribution in [2.75, 3.05) is 11.4 Å². The van der Waals surface area contributed by atoms with E-state index in [9.17, 15) is 14.0 Å². The Morgan fingerprint density at radius 1 is 1.09 bits per heavy atom. The molecule has 0 saturated carbocycles. The van der Waals surface area contributed by atoms with Crippen molar-refractivity contribution in [1.29, 1.82) is 0 Å². The van der Waals surface area contributed by atoms with Gasteiger partial charge in [-0.25, -0.2) is 4.39 Å². The van der Waals surface area contributed by atoms with Gasteiger partial charge < -0.3 is 10.6 Å². The third-order valence-electron chi connectivity index (χ3n) is 3.34. The SMILES string of the molecule is NC(=O)CCN(C(=O)Cc1c(F)cccc1Cl)c1ccccc1. The van der Waals surface area contributed by atoms with Crippen LogP contribution in [0.4, 0.5) is 10.1 Å². The van der Waals surface area contributed by atoms with E-state index < -0.39 is 11.7 Å². The number of nitrogens with zero attached hydrogens (tertiary/aromatic N) is 1. The lowest BCUT2D eigenvalue weighted by Gasteiger charge is -2.22. The second-order valence-corrected chi connectivity index (χ2v) is 5.38. The van der Waals surface area contributed by atoms with Crippen molar-refractivity contribution in [3.05, 3.63) is 64.9 Å². The number of nitrogens with two attached hydrogens (primary N) is 1. The number of amides is 2. The third-order valence-corrected chi connectivity index (χ3v) is 3.69. The van der Waals surface area contributed by atoms with Crippen molar-refractivity contribution >= 4 is 29.1 Å². The van der Waals surface area contributed by atoms with E-state index in [-0.39, 0.29) is 35.9 Å². The molecule has 0 atom stereocenters. The molecule has 0 aromatic heterocycles. The number of hydrogen-bond acceptors (Lipinski definition) is 2. The molecule has 2 aromatic carbocycles. The molecule has 0 saturated heterocycles. The van der Waals surface area contributed by atoms with Crippen molar-refractivity contribution in [1.82, 2.24) is 0 Å². The normalized spacial score (nSPS) is 10.3. The average Bonchev–Trinajstić information content (AvgIpc) is 2.52. The van der Waals surface area contributed by atoms with Gasteiger partial charge in [-0.15, -0.1) is 0 Å². The summed E-state index contributed by atoms with van der Waals surface area (Å²) in [4.78, 5) is 25.0. The van der Waals surface area contributed by atoms with E-state index >= 15 is 0 Å². The molecule has 0 spiro atoms. The Morgan fingerprint density at radius 2 is 1.78 bits per heavy atom. The molecule has 0 fully saturated rings. The highest BCUT2D eigenvalue weighted by Crippen LogP contribution is 2.22. The number of carbonyl (C=O) groups is 2. The summed E-state index contributed by atoms with van der Waals surface area (Å²) in [6, 6.07) is 13.1. The second-order valence-electron chi connectivity index (χ2n) is 4.97. The number of benzene rings is 2. The van der Waals surface area contributed by atoms with Gasteiger partial charge in [-0.2, -0.15) is 0 Å². The van der Waals surface area contributed by atoms with Crippen LogP contribution in [0.15, 0.2) is 48.5 Å². The number of primary amides is 1.